The number of aromatic nitrogens is 2. The SMILES string of the molecule is CCOc1cc(C(=O)N[C@@H](c2ccccc2)c2nccn2C)c([N+](=O)[O-])cc1OC. The third kappa shape index (κ3) is 4.24. The topological polar surface area (TPSA) is 109 Å². The summed E-state index contributed by atoms with van der Waals surface area (Å²) in [6.07, 6.45) is 3.39. The summed E-state index contributed by atoms with van der Waals surface area (Å²) in [5.41, 5.74) is 0.292. The molecule has 0 bridgehead atoms. The normalized spacial score (nSPS) is 11.6. The van der Waals surface area contributed by atoms with Crippen LogP contribution in [0.1, 0.15) is 34.7 Å². The molecule has 1 aromatic heterocycles. The largest absolute Gasteiger partial charge is 0.493 e. The second kappa shape index (κ2) is 9.08. The molecule has 0 spiro atoms. The molecule has 2 aromatic carbocycles. The first-order chi connectivity index (χ1) is 14.5. The van der Waals surface area contributed by atoms with Crippen molar-refractivity contribution in [3.05, 3.63) is 81.9 Å². The van der Waals surface area contributed by atoms with E-state index < -0.39 is 16.9 Å². The van der Waals surface area contributed by atoms with Crippen molar-refractivity contribution in [2.24, 2.45) is 7.05 Å². The molecule has 1 amide bonds. The Kier molecular flexibility index (Phi) is 6.31. The molecule has 3 aromatic rings. The number of rotatable bonds is 8. The van der Waals surface area contributed by atoms with Crippen LogP contribution >= 0.6 is 0 Å². The van der Waals surface area contributed by atoms with E-state index in [9.17, 15) is 14.9 Å². The summed E-state index contributed by atoms with van der Waals surface area (Å²) in [5.74, 6) is 0.408. The lowest BCUT2D eigenvalue weighted by Gasteiger charge is -2.19. The number of carbonyl (C=O) groups excluding carboxylic acids is 1. The Hall–Kier alpha value is -3.88. The van der Waals surface area contributed by atoms with Gasteiger partial charge in [-0.3, -0.25) is 14.9 Å². The van der Waals surface area contributed by atoms with E-state index in [2.05, 4.69) is 10.3 Å². The molecular weight excluding hydrogens is 388 g/mol. The van der Waals surface area contributed by atoms with Crippen molar-refractivity contribution in [3.8, 4) is 11.5 Å². The number of nitrogens with zero attached hydrogens (tertiary/aromatic N) is 3. The van der Waals surface area contributed by atoms with Gasteiger partial charge in [0.1, 0.15) is 17.4 Å². The molecule has 3 rings (SSSR count). The van der Waals surface area contributed by atoms with Gasteiger partial charge in [0.05, 0.1) is 24.7 Å². The highest BCUT2D eigenvalue weighted by Gasteiger charge is 2.28. The zero-order chi connectivity index (χ0) is 21.7. The molecule has 0 aliphatic rings. The predicted molar refractivity (Wildman–Crippen MR) is 110 cm³/mol. The average Bonchev–Trinajstić information content (AvgIpc) is 3.17. The highest BCUT2D eigenvalue weighted by Crippen LogP contribution is 2.35. The fourth-order valence-electron chi connectivity index (χ4n) is 3.12. The molecule has 0 saturated heterocycles. The number of benzene rings is 2. The smallest absolute Gasteiger partial charge is 0.286 e. The van der Waals surface area contributed by atoms with Gasteiger partial charge in [-0.1, -0.05) is 30.3 Å². The molecule has 156 valence electrons. The second-order valence-electron chi connectivity index (χ2n) is 6.42. The standard InChI is InChI=1S/C21H22N4O5/c1-4-30-18-12-15(16(25(27)28)13-17(18)29-3)21(26)23-19(14-8-6-5-7-9-14)20-22-10-11-24(20)2/h5-13,19H,4H2,1-3H3,(H,23,26)/t19-/m0/s1. The van der Waals surface area contributed by atoms with Gasteiger partial charge in [-0.2, -0.15) is 0 Å². The molecule has 1 atom stereocenters. The first kappa shape index (κ1) is 20.8. The number of amides is 1. The number of nitro benzene ring substituents is 1. The second-order valence-corrected chi connectivity index (χ2v) is 6.42. The van der Waals surface area contributed by atoms with E-state index in [0.717, 1.165) is 5.56 Å². The van der Waals surface area contributed by atoms with E-state index in [1.165, 1.54) is 19.2 Å². The molecule has 0 saturated carbocycles. The Bertz CT molecular complexity index is 1050. The highest BCUT2D eigenvalue weighted by molar-refractivity contribution is 5.99. The molecule has 1 heterocycles. The van der Waals surface area contributed by atoms with E-state index in [1.807, 2.05) is 37.4 Å². The summed E-state index contributed by atoms with van der Waals surface area (Å²) in [5, 5.41) is 14.5. The minimum Gasteiger partial charge on any atom is -0.493 e. The van der Waals surface area contributed by atoms with Crippen molar-refractivity contribution < 1.29 is 19.2 Å². The van der Waals surface area contributed by atoms with E-state index in [0.29, 0.717) is 12.4 Å². The van der Waals surface area contributed by atoms with Crippen LogP contribution < -0.4 is 14.8 Å². The van der Waals surface area contributed by atoms with Crippen LogP contribution in [-0.2, 0) is 7.05 Å². The van der Waals surface area contributed by atoms with Crippen LogP contribution in [0.3, 0.4) is 0 Å². The van der Waals surface area contributed by atoms with Crippen LogP contribution in [0.2, 0.25) is 0 Å². The summed E-state index contributed by atoms with van der Waals surface area (Å²) in [6, 6.07) is 11.2. The lowest BCUT2D eigenvalue weighted by atomic mass is 10.0. The number of ether oxygens (including phenoxy) is 2. The molecule has 0 aliphatic heterocycles. The summed E-state index contributed by atoms with van der Waals surface area (Å²) in [6.45, 7) is 2.09. The van der Waals surface area contributed by atoms with Gasteiger partial charge in [0.15, 0.2) is 11.5 Å². The van der Waals surface area contributed by atoms with Gasteiger partial charge in [0.2, 0.25) is 0 Å². The quantitative estimate of drug-likeness (QED) is 0.451. The number of imidazole rings is 1. The van der Waals surface area contributed by atoms with Crippen molar-refractivity contribution in [2.75, 3.05) is 13.7 Å². The van der Waals surface area contributed by atoms with Crippen molar-refractivity contribution in [1.82, 2.24) is 14.9 Å². The van der Waals surface area contributed by atoms with Crippen molar-refractivity contribution in [3.63, 3.8) is 0 Å². The number of carbonyl (C=O) groups is 1. The molecule has 0 radical (unpaired) electrons. The van der Waals surface area contributed by atoms with E-state index in [4.69, 9.17) is 9.47 Å². The number of nitro groups is 1. The monoisotopic (exact) mass is 410 g/mol. The Morgan fingerprint density at radius 1 is 1.27 bits per heavy atom. The third-order valence-corrected chi connectivity index (χ3v) is 4.55. The van der Waals surface area contributed by atoms with Gasteiger partial charge in [0, 0.05) is 25.5 Å². The molecule has 9 nitrogen and oxygen atoms in total. The van der Waals surface area contributed by atoms with Gasteiger partial charge in [-0.15, -0.1) is 0 Å². The van der Waals surface area contributed by atoms with Crippen LogP contribution in [0.25, 0.3) is 0 Å². The van der Waals surface area contributed by atoms with Crippen LogP contribution in [0.5, 0.6) is 11.5 Å². The first-order valence-corrected chi connectivity index (χ1v) is 9.28. The van der Waals surface area contributed by atoms with Gasteiger partial charge in [-0.05, 0) is 12.5 Å². The zero-order valence-electron chi connectivity index (χ0n) is 16.9. The maximum Gasteiger partial charge on any atom is 0.286 e. The van der Waals surface area contributed by atoms with Crippen LogP contribution in [0.15, 0.2) is 54.9 Å². The number of nitrogens with one attached hydrogen (secondary N) is 1. The zero-order valence-corrected chi connectivity index (χ0v) is 16.9. The van der Waals surface area contributed by atoms with Crippen molar-refractivity contribution >= 4 is 11.6 Å². The van der Waals surface area contributed by atoms with E-state index in [-0.39, 0.29) is 22.7 Å². The minimum absolute atomic E-state index is 0.126. The van der Waals surface area contributed by atoms with Gasteiger partial charge >= 0.3 is 0 Å². The lowest BCUT2D eigenvalue weighted by Crippen LogP contribution is -2.31. The summed E-state index contributed by atoms with van der Waals surface area (Å²) in [4.78, 5) is 28.5. The number of aryl methyl sites for hydroxylation is 1. The molecule has 9 heteroatoms. The number of methoxy groups -OCH3 is 1. The van der Waals surface area contributed by atoms with Crippen LogP contribution in [-0.4, -0.2) is 34.1 Å². The molecule has 0 fully saturated rings. The van der Waals surface area contributed by atoms with E-state index in [1.54, 1.807) is 23.9 Å². The first-order valence-electron chi connectivity index (χ1n) is 9.28. The molecule has 1 N–H and O–H groups in total. The average molecular weight is 410 g/mol. The Morgan fingerprint density at radius 3 is 2.57 bits per heavy atom. The Balaban J connectivity index is 2.05. The van der Waals surface area contributed by atoms with Crippen LogP contribution in [0.4, 0.5) is 5.69 Å². The van der Waals surface area contributed by atoms with Gasteiger partial charge in [0.25, 0.3) is 11.6 Å². The molecular formula is C21H22N4O5. The maximum atomic E-state index is 13.2. The van der Waals surface area contributed by atoms with Crippen molar-refractivity contribution in [1.29, 1.82) is 0 Å². The molecule has 0 unspecified atom stereocenters. The molecule has 0 aliphatic carbocycles. The summed E-state index contributed by atoms with van der Waals surface area (Å²) >= 11 is 0. The highest BCUT2D eigenvalue weighted by atomic mass is 16.6. The summed E-state index contributed by atoms with van der Waals surface area (Å²) < 4.78 is 12.4. The van der Waals surface area contributed by atoms with E-state index >= 15 is 0 Å². The Morgan fingerprint density at radius 2 is 2.00 bits per heavy atom. The fraction of sp³-hybridized carbons (Fsp3) is 0.238. The predicted octanol–water partition coefficient (Wildman–Crippen LogP) is 3.26. The van der Waals surface area contributed by atoms with Gasteiger partial charge < -0.3 is 19.4 Å². The fourth-order valence-corrected chi connectivity index (χ4v) is 3.12. The Labute approximate surface area is 173 Å². The van der Waals surface area contributed by atoms with Gasteiger partial charge in [-0.25, -0.2) is 4.98 Å². The molecule has 30 heavy (non-hydrogen) atoms. The number of hydrogen-bond acceptors (Lipinski definition) is 6. The summed E-state index contributed by atoms with van der Waals surface area (Å²) in [7, 11) is 3.20. The van der Waals surface area contributed by atoms with Crippen molar-refractivity contribution in [2.45, 2.75) is 13.0 Å². The van der Waals surface area contributed by atoms with Crippen LogP contribution in [0, 0.1) is 10.1 Å². The lowest BCUT2D eigenvalue weighted by molar-refractivity contribution is -0.385. The maximum absolute atomic E-state index is 13.2. The number of hydrogen-bond donors (Lipinski definition) is 1. The minimum atomic E-state index is -0.623. The third-order valence-electron chi connectivity index (χ3n) is 4.55.